The van der Waals surface area contributed by atoms with Gasteiger partial charge >= 0.3 is 0 Å². The normalized spacial score (nSPS) is 10.0. The Labute approximate surface area is 104 Å². The van der Waals surface area contributed by atoms with Gasteiger partial charge in [-0.1, -0.05) is 6.07 Å². The first-order chi connectivity index (χ1) is 8.77. The molecule has 2 aromatic heterocycles. The molecule has 0 aromatic carbocycles. The third kappa shape index (κ3) is 3.00. The molecule has 92 valence electrons. The number of amidine groups is 1. The van der Waals surface area contributed by atoms with E-state index in [0.29, 0.717) is 13.0 Å². The van der Waals surface area contributed by atoms with Gasteiger partial charge in [-0.25, -0.2) is 9.97 Å². The summed E-state index contributed by atoms with van der Waals surface area (Å²) < 4.78 is 5.47. The van der Waals surface area contributed by atoms with E-state index in [1.165, 1.54) is 12.4 Å². The highest BCUT2D eigenvalue weighted by atomic mass is 16.5. The summed E-state index contributed by atoms with van der Waals surface area (Å²) in [6.45, 7) is 0.413. The molecule has 0 radical (unpaired) electrons. The van der Waals surface area contributed by atoms with Crippen LogP contribution in [0.3, 0.4) is 0 Å². The molecule has 3 N–H and O–H groups in total. The van der Waals surface area contributed by atoms with Gasteiger partial charge in [0.1, 0.15) is 5.84 Å². The van der Waals surface area contributed by atoms with Crippen LogP contribution in [-0.2, 0) is 6.42 Å². The van der Waals surface area contributed by atoms with Crippen molar-refractivity contribution in [3.05, 3.63) is 48.2 Å². The van der Waals surface area contributed by atoms with Crippen molar-refractivity contribution in [3.63, 3.8) is 0 Å². The van der Waals surface area contributed by atoms with Gasteiger partial charge in [0.15, 0.2) is 5.69 Å². The first-order valence-electron chi connectivity index (χ1n) is 5.45. The molecule has 18 heavy (non-hydrogen) atoms. The predicted molar refractivity (Wildman–Crippen MR) is 66.5 cm³/mol. The molecular formula is C12H13N5O. The fourth-order valence-corrected chi connectivity index (χ4v) is 1.41. The molecule has 0 aliphatic rings. The number of nitrogen functional groups attached to an aromatic ring is 1. The van der Waals surface area contributed by atoms with Crippen molar-refractivity contribution in [2.45, 2.75) is 6.42 Å². The number of nitrogens with zero attached hydrogens (tertiary/aromatic N) is 3. The molecule has 0 aliphatic heterocycles. The van der Waals surface area contributed by atoms with Crippen LogP contribution in [-0.4, -0.2) is 27.4 Å². The fraction of sp³-hybridized carbons (Fsp3) is 0.167. The van der Waals surface area contributed by atoms with E-state index in [-0.39, 0.29) is 17.4 Å². The average Bonchev–Trinajstić information content (AvgIpc) is 2.40. The molecule has 6 heteroatoms. The maximum atomic E-state index is 7.36. The quantitative estimate of drug-likeness (QED) is 0.597. The number of hydrogen-bond acceptors (Lipinski definition) is 5. The first-order valence-corrected chi connectivity index (χ1v) is 5.45. The SMILES string of the molecule is N=C(N)c1nccnc1OCCc1ccccn1. The van der Waals surface area contributed by atoms with E-state index < -0.39 is 0 Å². The fourth-order valence-electron chi connectivity index (χ4n) is 1.41. The topological polar surface area (TPSA) is 97.8 Å². The van der Waals surface area contributed by atoms with Crippen LogP contribution < -0.4 is 10.5 Å². The molecule has 0 bridgehead atoms. The van der Waals surface area contributed by atoms with Crippen molar-refractivity contribution in [1.29, 1.82) is 5.41 Å². The summed E-state index contributed by atoms with van der Waals surface area (Å²) in [4.78, 5) is 12.1. The van der Waals surface area contributed by atoms with Crippen molar-refractivity contribution < 1.29 is 4.74 Å². The van der Waals surface area contributed by atoms with Gasteiger partial charge in [0.05, 0.1) is 6.61 Å². The summed E-state index contributed by atoms with van der Waals surface area (Å²) in [5.41, 5.74) is 6.58. The van der Waals surface area contributed by atoms with Gasteiger partial charge in [-0.2, -0.15) is 0 Å². The summed E-state index contributed by atoms with van der Waals surface area (Å²) in [5.74, 6) is 0.122. The van der Waals surface area contributed by atoms with Crippen LogP contribution in [0.4, 0.5) is 0 Å². The maximum absolute atomic E-state index is 7.36. The van der Waals surface area contributed by atoms with Crippen molar-refractivity contribution in [1.82, 2.24) is 15.0 Å². The first kappa shape index (κ1) is 12.0. The Morgan fingerprint density at radius 3 is 2.72 bits per heavy atom. The Balaban J connectivity index is 1.97. The van der Waals surface area contributed by atoms with E-state index in [9.17, 15) is 0 Å². The standard InChI is InChI=1S/C12H13N5O/c13-11(14)10-12(17-7-6-16-10)18-8-4-9-3-1-2-5-15-9/h1-3,5-7H,4,8H2,(H3,13,14). The summed E-state index contributed by atoms with van der Waals surface area (Å²) in [6.07, 6.45) is 5.37. The van der Waals surface area contributed by atoms with Crippen LogP contribution in [0.1, 0.15) is 11.4 Å². The van der Waals surface area contributed by atoms with Crippen LogP contribution in [0.15, 0.2) is 36.8 Å². The van der Waals surface area contributed by atoms with E-state index >= 15 is 0 Å². The average molecular weight is 243 g/mol. The summed E-state index contributed by atoms with van der Waals surface area (Å²) in [5, 5.41) is 7.36. The van der Waals surface area contributed by atoms with Crippen LogP contribution >= 0.6 is 0 Å². The lowest BCUT2D eigenvalue weighted by Crippen LogP contribution is -2.16. The van der Waals surface area contributed by atoms with E-state index in [4.69, 9.17) is 15.9 Å². The zero-order valence-electron chi connectivity index (χ0n) is 9.71. The molecule has 2 heterocycles. The third-order valence-corrected chi connectivity index (χ3v) is 2.24. The molecule has 2 rings (SSSR count). The second-order valence-corrected chi connectivity index (χ2v) is 3.54. The van der Waals surface area contributed by atoms with E-state index in [1.54, 1.807) is 6.20 Å². The lowest BCUT2D eigenvalue weighted by molar-refractivity contribution is 0.306. The molecular weight excluding hydrogens is 230 g/mol. The molecule has 0 unspecified atom stereocenters. The largest absolute Gasteiger partial charge is 0.476 e. The molecule has 0 atom stereocenters. The van der Waals surface area contributed by atoms with Crippen LogP contribution in [0.25, 0.3) is 0 Å². The summed E-state index contributed by atoms with van der Waals surface area (Å²) in [6, 6.07) is 5.71. The Kier molecular flexibility index (Phi) is 3.80. The molecule has 0 aliphatic carbocycles. The number of hydrogen-bond donors (Lipinski definition) is 2. The van der Waals surface area contributed by atoms with Gasteiger partial charge in [0, 0.05) is 30.7 Å². The van der Waals surface area contributed by atoms with Gasteiger partial charge < -0.3 is 10.5 Å². The molecule has 0 saturated carbocycles. The van der Waals surface area contributed by atoms with Crippen LogP contribution in [0.5, 0.6) is 5.88 Å². The predicted octanol–water partition coefficient (Wildman–Crippen LogP) is 0.777. The highest BCUT2D eigenvalue weighted by Crippen LogP contribution is 2.10. The lowest BCUT2D eigenvalue weighted by atomic mass is 10.3. The number of nitrogens with two attached hydrogens (primary N) is 1. The summed E-state index contributed by atoms with van der Waals surface area (Å²) >= 11 is 0. The van der Waals surface area contributed by atoms with Crippen molar-refractivity contribution in [3.8, 4) is 5.88 Å². The van der Waals surface area contributed by atoms with Gasteiger partial charge in [0.2, 0.25) is 5.88 Å². The molecule has 2 aromatic rings. The van der Waals surface area contributed by atoms with Crippen LogP contribution in [0, 0.1) is 5.41 Å². The Bertz CT molecular complexity index is 529. The number of rotatable bonds is 5. The zero-order valence-corrected chi connectivity index (χ0v) is 9.71. The summed E-state index contributed by atoms with van der Waals surface area (Å²) in [7, 11) is 0. The Morgan fingerprint density at radius 2 is 2.00 bits per heavy atom. The maximum Gasteiger partial charge on any atom is 0.243 e. The van der Waals surface area contributed by atoms with Gasteiger partial charge in [-0.3, -0.25) is 10.4 Å². The van der Waals surface area contributed by atoms with Crippen molar-refractivity contribution >= 4 is 5.84 Å². The Hall–Kier alpha value is -2.50. The molecule has 0 amide bonds. The van der Waals surface area contributed by atoms with Crippen LogP contribution in [0.2, 0.25) is 0 Å². The number of ether oxygens (including phenoxy) is 1. The minimum atomic E-state index is -0.157. The van der Waals surface area contributed by atoms with E-state index in [1.807, 2.05) is 18.2 Å². The second-order valence-electron chi connectivity index (χ2n) is 3.54. The number of aromatic nitrogens is 3. The number of pyridine rings is 1. The number of nitrogens with one attached hydrogen (secondary N) is 1. The van der Waals surface area contributed by atoms with Gasteiger partial charge in [-0.05, 0) is 12.1 Å². The lowest BCUT2D eigenvalue weighted by Gasteiger charge is -2.07. The smallest absolute Gasteiger partial charge is 0.243 e. The van der Waals surface area contributed by atoms with E-state index in [0.717, 1.165) is 5.69 Å². The zero-order chi connectivity index (χ0) is 12.8. The van der Waals surface area contributed by atoms with Gasteiger partial charge in [-0.15, -0.1) is 0 Å². The highest BCUT2D eigenvalue weighted by molar-refractivity contribution is 5.94. The Morgan fingerprint density at radius 1 is 1.17 bits per heavy atom. The molecule has 6 nitrogen and oxygen atoms in total. The van der Waals surface area contributed by atoms with E-state index in [2.05, 4.69) is 15.0 Å². The van der Waals surface area contributed by atoms with Crippen molar-refractivity contribution in [2.75, 3.05) is 6.61 Å². The second kappa shape index (κ2) is 5.72. The van der Waals surface area contributed by atoms with Gasteiger partial charge in [0.25, 0.3) is 0 Å². The minimum Gasteiger partial charge on any atom is -0.476 e. The molecule has 0 spiro atoms. The third-order valence-electron chi connectivity index (χ3n) is 2.24. The van der Waals surface area contributed by atoms with Crippen molar-refractivity contribution in [2.24, 2.45) is 5.73 Å². The highest BCUT2D eigenvalue weighted by Gasteiger charge is 2.08. The minimum absolute atomic E-state index is 0.157. The monoisotopic (exact) mass is 243 g/mol. The molecule has 0 saturated heterocycles. The molecule has 0 fully saturated rings.